The third kappa shape index (κ3) is 5.66. The fourth-order valence-corrected chi connectivity index (χ4v) is 0.845. The van der Waals surface area contributed by atoms with Gasteiger partial charge in [0.15, 0.2) is 0 Å². The quantitative estimate of drug-likeness (QED) is 0.444. The van der Waals surface area contributed by atoms with Crippen LogP contribution in [0.1, 0.15) is 20.3 Å². The molecule has 0 aromatic rings. The van der Waals surface area contributed by atoms with Gasteiger partial charge in [0.25, 0.3) is 0 Å². The highest BCUT2D eigenvalue weighted by atomic mass is 79.9. The molecule has 12 heavy (non-hydrogen) atoms. The van der Waals surface area contributed by atoms with Gasteiger partial charge in [-0.05, 0) is 42.4 Å². The topological polar surface area (TPSA) is 12.0 Å². The first-order valence-electron chi connectivity index (χ1n) is 3.93. The number of nitrogens with one attached hydrogen (secondary N) is 1. The highest BCUT2D eigenvalue weighted by Crippen LogP contribution is 2.30. The Labute approximate surface area is 80.4 Å². The van der Waals surface area contributed by atoms with Crippen molar-refractivity contribution in [3.05, 3.63) is 11.6 Å². The number of halogens is 3. The summed E-state index contributed by atoms with van der Waals surface area (Å²) in [5, 5.41) is 3.05. The molecule has 0 saturated carbocycles. The molecule has 0 atom stereocenters. The minimum absolute atomic E-state index is 0.0698. The first kappa shape index (κ1) is 12.0. The molecule has 4 heteroatoms. The van der Waals surface area contributed by atoms with Crippen LogP contribution in [0, 0.1) is 0 Å². The molecule has 0 spiro atoms. The van der Waals surface area contributed by atoms with Crippen LogP contribution < -0.4 is 5.32 Å². The normalized spacial score (nSPS) is 13.6. The summed E-state index contributed by atoms with van der Waals surface area (Å²) < 4.78 is 24.9. The summed E-state index contributed by atoms with van der Waals surface area (Å²) in [7, 11) is 0. The van der Waals surface area contributed by atoms with Crippen molar-refractivity contribution in [3.63, 3.8) is 0 Å². The predicted molar refractivity (Wildman–Crippen MR) is 50.8 cm³/mol. The first-order valence-corrected chi connectivity index (χ1v) is 4.72. The number of allylic oxidation sites excluding steroid dienone is 1. The monoisotopic (exact) mass is 241 g/mol. The third-order valence-electron chi connectivity index (χ3n) is 1.47. The molecule has 0 amide bonds. The van der Waals surface area contributed by atoms with Gasteiger partial charge in [0.1, 0.15) is 0 Å². The van der Waals surface area contributed by atoms with Gasteiger partial charge in [-0.25, -0.2) is 0 Å². The Kier molecular flexibility index (Phi) is 5.66. The summed E-state index contributed by atoms with van der Waals surface area (Å²) >= 11 is 2.29. The Morgan fingerprint density at radius 1 is 1.58 bits per heavy atom. The van der Waals surface area contributed by atoms with Gasteiger partial charge < -0.3 is 5.32 Å². The summed E-state index contributed by atoms with van der Waals surface area (Å²) in [5.74, 6) is 0. The second-order valence-corrected chi connectivity index (χ2v) is 3.52. The second-order valence-electron chi connectivity index (χ2n) is 2.53. The lowest BCUT2D eigenvalue weighted by molar-refractivity contribution is 0.156. The van der Waals surface area contributed by atoms with Crippen LogP contribution in [0.4, 0.5) is 8.78 Å². The molecule has 0 heterocycles. The van der Waals surface area contributed by atoms with Crippen LogP contribution in [-0.2, 0) is 0 Å². The van der Waals surface area contributed by atoms with Crippen LogP contribution in [0.3, 0.4) is 0 Å². The van der Waals surface area contributed by atoms with Gasteiger partial charge in [-0.15, -0.1) is 0 Å². The Bertz CT molecular complexity index is 152. The van der Waals surface area contributed by atoms with E-state index in [1.807, 2.05) is 6.92 Å². The SMILES string of the molecule is CCNCC/C=C(/C)C(F)(F)Br. The number of hydrogen-bond acceptors (Lipinski definition) is 1. The van der Waals surface area contributed by atoms with Gasteiger partial charge in [-0.2, -0.15) is 8.78 Å². The second kappa shape index (κ2) is 5.65. The van der Waals surface area contributed by atoms with Crippen LogP contribution in [0.5, 0.6) is 0 Å². The van der Waals surface area contributed by atoms with Gasteiger partial charge >= 0.3 is 4.83 Å². The molecule has 0 aliphatic carbocycles. The fourth-order valence-electron chi connectivity index (χ4n) is 0.683. The highest BCUT2D eigenvalue weighted by Gasteiger charge is 2.25. The van der Waals surface area contributed by atoms with Crippen molar-refractivity contribution >= 4 is 15.9 Å². The lowest BCUT2D eigenvalue weighted by Gasteiger charge is -2.08. The molecule has 0 saturated heterocycles. The molecule has 0 aliphatic heterocycles. The molecule has 0 radical (unpaired) electrons. The first-order chi connectivity index (χ1) is 5.48. The Hall–Kier alpha value is 0.0400. The molecule has 0 aromatic heterocycles. The third-order valence-corrected chi connectivity index (χ3v) is 2.09. The van der Waals surface area contributed by atoms with Crippen LogP contribution in [-0.4, -0.2) is 17.9 Å². The maximum atomic E-state index is 12.5. The standard InChI is InChI=1S/C8H14BrF2N/c1-3-12-6-4-5-7(2)8(9,10)11/h5,12H,3-4,6H2,1-2H3/b7-5-. The van der Waals surface area contributed by atoms with Gasteiger partial charge in [0.2, 0.25) is 0 Å². The van der Waals surface area contributed by atoms with Gasteiger partial charge in [-0.3, -0.25) is 0 Å². The van der Waals surface area contributed by atoms with Gasteiger partial charge in [-0.1, -0.05) is 13.0 Å². The molecule has 0 rings (SSSR count). The van der Waals surface area contributed by atoms with Gasteiger partial charge in [0, 0.05) is 5.57 Å². The van der Waals surface area contributed by atoms with Crippen molar-refractivity contribution in [2.24, 2.45) is 0 Å². The summed E-state index contributed by atoms with van der Waals surface area (Å²) in [5.41, 5.74) is 0.0698. The molecular weight excluding hydrogens is 228 g/mol. The molecular formula is C8H14BrF2N. The van der Waals surface area contributed by atoms with E-state index in [9.17, 15) is 8.78 Å². The van der Waals surface area contributed by atoms with E-state index >= 15 is 0 Å². The Morgan fingerprint density at radius 3 is 2.58 bits per heavy atom. The van der Waals surface area contributed by atoms with E-state index < -0.39 is 4.83 Å². The summed E-state index contributed by atoms with van der Waals surface area (Å²) in [6.45, 7) is 5.02. The lowest BCUT2D eigenvalue weighted by atomic mass is 10.2. The Morgan fingerprint density at radius 2 is 2.17 bits per heavy atom. The summed E-state index contributed by atoms with van der Waals surface area (Å²) in [4.78, 5) is -2.85. The Balaban J connectivity index is 3.70. The van der Waals surface area contributed by atoms with E-state index in [1.54, 1.807) is 0 Å². The van der Waals surface area contributed by atoms with E-state index in [4.69, 9.17) is 0 Å². The summed E-state index contributed by atoms with van der Waals surface area (Å²) in [6, 6.07) is 0. The number of rotatable bonds is 5. The number of alkyl halides is 3. The van der Waals surface area contributed by atoms with Crippen molar-refractivity contribution in [2.75, 3.05) is 13.1 Å². The van der Waals surface area contributed by atoms with E-state index in [0.29, 0.717) is 6.42 Å². The molecule has 1 N–H and O–H groups in total. The zero-order valence-corrected chi connectivity index (χ0v) is 8.92. The lowest BCUT2D eigenvalue weighted by Crippen LogP contribution is -2.14. The molecule has 0 fully saturated rings. The molecule has 0 unspecified atom stereocenters. The minimum atomic E-state index is -2.85. The molecule has 0 aromatic carbocycles. The van der Waals surface area contributed by atoms with Gasteiger partial charge in [0.05, 0.1) is 0 Å². The average Bonchev–Trinajstić information content (AvgIpc) is 1.96. The highest BCUT2D eigenvalue weighted by molar-refractivity contribution is 9.10. The van der Waals surface area contributed by atoms with Crippen LogP contribution >= 0.6 is 15.9 Å². The van der Waals surface area contributed by atoms with Crippen molar-refractivity contribution < 1.29 is 8.78 Å². The van der Waals surface area contributed by atoms with Crippen molar-refractivity contribution in [2.45, 2.75) is 25.1 Å². The summed E-state index contributed by atoms with van der Waals surface area (Å²) in [6.07, 6.45) is 2.18. The van der Waals surface area contributed by atoms with E-state index in [2.05, 4.69) is 21.2 Å². The smallest absolute Gasteiger partial charge is 0.317 e. The maximum Gasteiger partial charge on any atom is 0.322 e. The van der Waals surface area contributed by atoms with E-state index in [1.165, 1.54) is 13.0 Å². The minimum Gasteiger partial charge on any atom is -0.317 e. The van der Waals surface area contributed by atoms with Crippen LogP contribution in [0.25, 0.3) is 0 Å². The molecule has 0 bridgehead atoms. The zero-order valence-electron chi connectivity index (χ0n) is 7.33. The number of hydrogen-bond donors (Lipinski definition) is 1. The largest absolute Gasteiger partial charge is 0.322 e. The molecule has 0 aliphatic rings. The molecule has 1 nitrogen and oxygen atoms in total. The van der Waals surface area contributed by atoms with Crippen LogP contribution in [0.15, 0.2) is 11.6 Å². The fraction of sp³-hybridized carbons (Fsp3) is 0.750. The van der Waals surface area contributed by atoms with Crippen molar-refractivity contribution in [1.82, 2.24) is 5.32 Å². The molecule has 72 valence electrons. The van der Waals surface area contributed by atoms with E-state index in [-0.39, 0.29) is 5.57 Å². The zero-order chi connectivity index (χ0) is 9.61. The average molecular weight is 242 g/mol. The maximum absolute atomic E-state index is 12.5. The van der Waals surface area contributed by atoms with Crippen molar-refractivity contribution in [1.29, 1.82) is 0 Å². The van der Waals surface area contributed by atoms with Crippen LogP contribution in [0.2, 0.25) is 0 Å². The predicted octanol–water partition coefficient (Wildman–Crippen LogP) is 2.92. The van der Waals surface area contributed by atoms with Crippen molar-refractivity contribution in [3.8, 4) is 0 Å². The van der Waals surface area contributed by atoms with E-state index in [0.717, 1.165) is 13.1 Å².